The summed E-state index contributed by atoms with van der Waals surface area (Å²) < 4.78 is 6.26. The van der Waals surface area contributed by atoms with Crippen LogP contribution in [0.1, 0.15) is 32.3 Å². The number of piperidine rings is 2. The Hall–Kier alpha value is -1.65. The number of anilines is 1. The van der Waals surface area contributed by atoms with E-state index in [1.54, 1.807) is 5.57 Å². The molecule has 136 valence electrons. The molecule has 0 aromatic heterocycles. The number of likely N-dealkylation sites (tertiary alicyclic amines) is 1. The summed E-state index contributed by atoms with van der Waals surface area (Å²) in [7, 11) is 0. The van der Waals surface area contributed by atoms with Crippen LogP contribution in [-0.4, -0.2) is 48.7 Å². The Balaban J connectivity index is 1.63. The van der Waals surface area contributed by atoms with Crippen molar-refractivity contribution in [3.8, 4) is 0 Å². The topological polar surface area (TPSA) is 32.8 Å². The molecule has 4 nitrogen and oxygen atoms in total. The summed E-state index contributed by atoms with van der Waals surface area (Å²) in [4.78, 5) is 18.0. The predicted octanol–water partition coefficient (Wildman–Crippen LogP) is 2.73. The highest BCUT2D eigenvalue weighted by Crippen LogP contribution is 2.62. The second kappa shape index (κ2) is 4.99. The van der Waals surface area contributed by atoms with Crippen molar-refractivity contribution in [2.75, 3.05) is 24.6 Å². The van der Waals surface area contributed by atoms with Gasteiger partial charge in [-0.1, -0.05) is 43.7 Å². The SMILES string of the molecule is CCN1CC2=CCO[C@H]3CC(=O)N4c5ccccc5[C@@]5(C)[C@@H]4[C@H]3[C@@H]2C[C@@H]15. The molecule has 0 unspecified atom stereocenters. The van der Waals surface area contributed by atoms with Gasteiger partial charge in [0.25, 0.3) is 0 Å². The lowest BCUT2D eigenvalue weighted by atomic mass is 9.53. The third-order valence-electron chi connectivity index (χ3n) is 8.07. The maximum Gasteiger partial charge on any atom is 0.229 e. The van der Waals surface area contributed by atoms with Crippen LogP contribution < -0.4 is 4.90 Å². The van der Waals surface area contributed by atoms with Crippen LogP contribution in [0.3, 0.4) is 0 Å². The number of hydrogen-bond donors (Lipinski definition) is 0. The smallest absolute Gasteiger partial charge is 0.229 e. The standard InChI is InChI=1S/C22H26N2O2/c1-3-23-12-13-8-9-26-17-11-19(25)24-16-7-5-4-6-15(16)22(2)18(23)10-14(13)20(17)21(22)24/h4-8,14,17-18,20-21H,3,9-12H2,1-2H3/t14-,17+,18-,20+,21+,22-/m1/s1. The van der Waals surface area contributed by atoms with Crippen molar-refractivity contribution >= 4 is 11.6 Å². The summed E-state index contributed by atoms with van der Waals surface area (Å²) in [6.45, 7) is 7.49. The van der Waals surface area contributed by atoms with E-state index < -0.39 is 0 Å². The van der Waals surface area contributed by atoms with Gasteiger partial charge < -0.3 is 9.64 Å². The molecule has 0 N–H and O–H groups in total. The first-order valence-corrected chi connectivity index (χ1v) is 10.1. The third-order valence-corrected chi connectivity index (χ3v) is 8.07. The lowest BCUT2D eigenvalue weighted by molar-refractivity contribution is -0.133. The molecule has 1 aromatic rings. The van der Waals surface area contributed by atoms with E-state index in [2.05, 4.69) is 54.0 Å². The minimum atomic E-state index is -0.0126. The third kappa shape index (κ3) is 1.62. The molecule has 2 bridgehead atoms. The first kappa shape index (κ1) is 15.4. The number of amides is 1. The number of benzene rings is 1. The van der Waals surface area contributed by atoms with Crippen LogP contribution in [0.2, 0.25) is 0 Å². The van der Waals surface area contributed by atoms with E-state index in [-0.39, 0.29) is 23.5 Å². The van der Waals surface area contributed by atoms with Gasteiger partial charge in [0.05, 0.1) is 25.2 Å². The zero-order valence-electron chi connectivity index (χ0n) is 15.5. The lowest BCUT2D eigenvalue weighted by Gasteiger charge is -2.61. The fourth-order valence-corrected chi connectivity index (χ4v) is 7.07. The molecule has 1 amide bonds. The Labute approximate surface area is 154 Å². The van der Waals surface area contributed by atoms with E-state index in [1.165, 1.54) is 12.0 Å². The van der Waals surface area contributed by atoms with E-state index in [0.717, 1.165) is 18.8 Å². The Morgan fingerprint density at radius 2 is 2.15 bits per heavy atom. The maximum absolute atomic E-state index is 13.2. The van der Waals surface area contributed by atoms with E-state index in [0.29, 0.717) is 30.9 Å². The minimum Gasteiger partial charge on any atom is -0.373 e. The number of carbonyl (C=O) groups is 1. The molecule has 4 heteroatoms. The van der Waals surface area contributed by atoms with Crippen molar-refractivity contribution in [1.29, 1.82) is 0 Å². The van der Waals surface area contributed by atoms with E-state index in [1.807, 2.05) is 0 Å². The van der Waals surface area contributed by atoms with Crippen molar-refractivity contribution in [1.82, 2.24) is 4.90 Å². The Bertz CT molecular complexity index is 833. The first-order valence-electron chi connectivity index (χ1n) is 10.1. The molecule has 26 heavy (non-hydrogen) atoms. The maximum atomic E-state index is 13.2. The van der Waals surface area contributed by atoms with Gasteiger partial charge in [0.15, 0.2) is 0 Å². The lowest BCUT2D eigenvalue weighted by Crippen LogP contribution is -2.71. The number of hydrogen-bond acceptors (Lipinski definition) is 3. The molecule has 2 saturated heterocycles. The average molecular weight is 350 g/mol. The number of carbonyl (C=O) groups excluding carboxylic acids is 1. The summed E-state index contributed by atoms with van der Waals surface area (Å²) in [5.41, 5.74) is 4.07. The number of likely N-dealkylation sites (N-methyl/N-ethyl adjacent to an activating group) is 1. The van der Waals surface area contributed by atoms with Gasteiger partial charge in [-0.15, -0.1) is 0 Å². The number of nitrogens with zero attached hydrogens (tertiary/aromatic N) is 2. The molecule has 1 saturated carbocycles. The summed E-state index contributed by atoms with van der Waals surface area (Å²) in [5.74, 6) is 1.24. The molecule has 5 aliphatic rings. The zero-order chi connectivity index (χ0) is 17.6. The van der Waals surface area contributed by atoms with Crippen LogP contribution in [-0.2, 0) is 14.9 Å². The second-order valence-corrected chi connectivity index (χ2v) is 8.86. The van der Waals surface area contributed by atoms with Gasteiger partial charge in [-0.05, 0) is 30.5 Å². The summed E-state index contributed by atoms with van der Waals surface area (Å²) >= 11 is 0. The van der Waals surface area contributed by atoms with Gasteiger partial charge in [-0.3, -0.25) is 9.69 Å². The van der Waals surface area contributed by atoms with Crippen molar-refractivity contribution in [2.24, 2.45) is 11.8 Å². The molecule has 1 aromatic carbocycles. The second-order valence-electron chi connectivity index (χ2n) is 8.86. The monoisotopic (exact) mass is 350 g/mol. The molecular weight excluding hydrogens is 324 g/mol. The fourth-order valence-electron chi connectivity index (χ4n) is 7.07. The van der Waals surface area contributed by atoms with E-state index in [9.17, 15) is 4.79 Å². The van der Waals surface area contributed by atoms with Crippen LogP contribution >= 0.6 is 0 Å². The number of para-hydroxylation sites is 1. The van der Waals surface area contributed by atoms with Crippen LogP contribution in [0.15, 0.2) is 35.9 Å². The number of ether oxygens (including phenoxy) is 1. The Morgan fingerprint density at radius 3 is 3.00 bits per heavy atom. The normalized spacial score (nSPS) is 43.0. The quantitative estimate of drug-likeness (QED) is 0.730. The summed E-state index contributed by atoms with van der Waals surface area (Å²) in [6, 6.07) is 9.37. The van der Waals surface area contributed by atoms with Crippen LogP contribution in [0.5, 0.6) is 0 Å². The fraction of sp³-hybridized carbons (Fsp3) is 0.591. The average Bonchev–Trinajstić information content (AvgIpc) is 2.80. The highest BCUT2D eigenvalue weighted by Gasteiger charge is 2.67. The van der Waals surface area contributed by atoms with Crippen LogP contribution in [0.4, 0.5) is 5.69 Å². The Kier molecular flexibility index (Phi) is 2.96. The minimum absolute atomic E-state index is 0.0126. The summed E-state index contributed by atoms with van der Waals surface area (Å²) in [5, 5.41) is 0. The number of rotatable bonds is 1. The van der Waals surface area contributed by atoms with Gasteiger partial charge in [0.1, 0.15) is 0 Å². The molecule has 4 heterocycles. The van der Waals surface area contributed by atoms with Crippen LogP contribution in [0, 0.1) is 11.8 Å². The van der Waals surface area contributed by atoms with Crippen molar-refractivity contribution in [2.45, 2.75) is 50.3 Å². The molecule has 0 radical (unpaired) electrons. The van der Waals surface area contributed by atoms with Crippen molar-refractivity contribution < 1.29 is 9.53 Å². The molecule has 3 fully saturated rings. The molecular formula is C22H26N2O2. The zero-order valence-corrected chi connectivity index (χ0v) is 15.5. The molecule has 0 spiro atoms. The Morgan fingerprint density at radius 1 is 1.31 bits per heavy atom. The largest absolute Gasteiger partial charge is 0.373 e. The predicted molar refractivity (Wildman–Crippen MR) is 100 cm³/mol. The van der Waals surface area contributed by atoms with Gasteiger partial charge in [-0.2, -0.15) is 0 Å². The highest BCUT2D eigenvalue weighted by molar-refractivity contribution is 5.99. The van der Waals surface area contributed by atoms with Gasteiger partial charge >= 0.3 is 0 Å². The first-order chi connectivity index (χ1) is 12.6. The summed E-state index contributed by atoms with van der Waals surface area (Å²) in [6.07, 6.45) is 4.13. The highest BCUT2D eigenvalue weighted by atomic mass is 16.5. The molecule has 6 atom stereocenters. The van der Waals surface area contributed by atoms with E-state index >= 15 is 0 Å². The molecule has 1 aliphatic carbocycles. The number of fused-ring (bicyclic) bond motifs is 5. The van der Waals surface area contributed by atoms with Gasteiger partial charge in [0, 0.05) is 29.6 Å². The van der Waals surface area contributed by atoms with Crippen molar-refractivity contribution in [3.63, 3.8) is 0 Å². The van der Waals surface area contributed by atoms with Crippen LogP contribution in [0.25, 0.3) is 0 Å². The van der Waals surface area contributed by atoms with Crippen molar-refractivity contribution in [3.05, 3.63) is 41.5 Å². The molecule has 6 rings (SSSR count). The van der Waals surface area contributed by atoms with Gasteiger partial charge in [-0.25, -0.2) is 0 Å². The molecule has 4 aliphatic heterocycles. The van der Waals surface area contributed by atoms with Gasteiger partial charge in [0.2, 0.25) is 5.91 Å². The van der Waals surface area contributed by atoms with E-state index in [4.69, 9.17) is 4.74 Å².